The molecule has 5 heteroatoms. The molecule has 0 bridgehead atoms. The Kier molecular flexibility index (Phi) is 4.80. The van der Waals surface area contributed by atoms with Crippen LogP contribution in [0.2, 0.25) is 0 Å². The number of anilines is 1. The van der Waals surface area contributed by atoms with Crippen LogP contribution in [0.4, 0.5) is 5.69 Å². The van der Waals surface area contributed by atoms with Gasteiger partial charge in [0.15, 0.2) is 9.84 Å². The normalized spacial score (nSPS) is 11.4. The molecule has 0 heterocycles. The van der Waals surface area contributed by atoms with Gasteiger partial charge >= 0.3 is 0 Å². The Morgan fingerprint density at radius 3 is 2.44 bits per heavy atom. The SMILES string of the molecule is CCN(CCBr)c1ccccc1S(C)(=O)=O. The molecule has 0 aliphatic carbocycles. The largest absolute Gasteiger partial charge is 0.370 e. The lowest BCUT2D eigenvalue weighted by atomic mass is 10.3. The number of nitrogens with zero attached hydrogens (tertiary/aromatic N) is 1. The highest BCUT2D eigenvalue weighted by Crippen LogP contribution is 2.24. The average molecular weight is 306 g/mol. The van der Waals surface area contributed by atoms with Gasteiger partial charge in [-0.2, -0.15) is 0 Å². The molecule has 1 rings (SSSR count). The van der Waals surface area contributed by atoms with E-state index in [0.717, 1.165) is 24.1 Å². The Bertz CT molecular complexity index is 445. The average Bonchev–Trinajstić information content (AvgIpc) is 2.25. The summed E-state index contributed by atoms with van der Waals surface area (Å²) >= 11 is 3.37. The lowest BCUT2D eigenvalue weighted by molar-refractivity contribution is 0.601. The molecule has 16 heavy (non-hydrogen) atoms. The van der Waals surface area contributed by atoms with Gasteiger partial charge in [0.25, 0.3) is 0 Å². The molecule has 1 aromatic carbocycles. The lowest BCUT2D eigenvalue weighted by Gasteiger charge is -2.24. The minimum atomic E-state index is -3.16. The van der Waals surface area contributed by atoms with Gasteiger partial charge in [-0.05, 0) is 19.1 Å². The summed E-state index contributed by atoms with van der Waals surface area (Å²) in [5, 5.41) is 0.818. The van der Waals surface area contributed by atoms with Crippen LogP contribution < -0.4 is 4.90 Å². The van der Waals surface area contributed by atoms with Gasteiger partial charge in [-0.3, -0.25) is 0 Å². The van der Waals surface area contributed by atoms with Crippen molar-refractivity contribution in [3.63, 3.8) is 0 Å². The standard InChI is InChI=1S/C11H16BrNO2S/c1-3-13(9-8-12)10-6-4-5-7-11(10)16(2,14)15/h4-7H,3,8-9H2,1-2H3. The van der Waals surface area contributed by atoms with Crippen molar-refractivity contribution in [3.05, 3.63) is 24.3 Å². The van der Waals surface area contributed by atoms with Crippen molar-refractivity contribution in [2.45, 2.75) is 11.8 Å². The summed E-state index contributed by atoms with van der Waals surface area (Å²) in [6, 6.07) is 7.12. The zero-order valence-electron chi connectivity index (χ0n) is 9.48. The highest BCUT2D eigenvalue weighted by molar-refractivity contribution is 9.09. The summed E-state index contributed by atoms with van der Waals surface area (Å²) in [5.41, 5.74) is 0.784. The summed E-state index contributed by atoms with van der Waals surface area (Å²) in [4.78, 5) is 2.45. The maximum absolute atomic E-state index is 11.6. The van der Waals surface area contributed by atoms with Crippen molar-refractivity contribution in [3.8, 4) is 0 Å². The molecule has 0 aliphatic rings. The first-order valence-corrected chi connectivity index (χ1v) is 8.12. The van der Waals surface area contributed by atoms with Crippen molar-refractivity contribution in [1.82, 2.24) is 0 Å². The summed E-state index contributed by atoms with van der Waals surface area (Å²) < 4.78 is 23.3. The fourth-order valence-electron chi connectivity index (χ4n) is 1.58. The molecule has 1 aromatic rings. The van der Waals surface area contributed by atoms with Gasteiger partial charge in [-0.25, -0.2) is 8.42 Å². The van der Waals surface area contributed by atoms with E-state index in [2.05, 4.69) is 15.9 Å². The highest BCUT2D eigenvalue weighted by atomic mass is 79.9. The monoisotopic (exact) mass is 305 g/mol. The van der Waals surface area contributed by atoms with E-state index in [1.54, 1.807) is 12.1 Å². The number of hydrogen-bond donors (Lipinski definition) is 0. The minimum absolute atomic E-state index is 0.401. The molecule has 0 amide bonds. The second-order valence-corrected chi connectivity index (χ2v) is 6.29. The molecule has 3 nitrogen and oxygen atoms in total. The number of rotatable bonds is 5. The molecule has 90 valence electrons. The van der Waals surface area contributed by atoms with E-state index in [0.29, 0.717) is 4.90 Å². The van der Waals surface area contributed by atoms with Gasteiger partial charge < -0.3 is 4.90 Å². The zero-order valence-corrected chi connectivity index (χ0v) is 11.9. The summed E-state index contributed by atoms with van der Waals surface area (Å²) in [5.74, 6) is 0. The maximum atomic E-state index is 11.6. The summed E-state index contributed by atoms with van der Waals surface area (Å²) in [7, 11) is -3.16. The zero-order chi connectivity index (χ0) is 12.2. The molecule has 0 aromatic heterocycles. The lowest BCUT2D eigenvalue weighted by Crippen LogP contribution is -2.26. The van der Waals surface area contributed by atoms with Crippen LogP contribution in [-0.4, -0.2) is 33.1 Å². The third kappa shape index (κ3) is 3.22. The van der Waals surface area contributed by atoms with E-state index in [9.17, 15) is 8.42 Å². The minimum Gasteiger partial charge on any atom is -0.370 e. The number of sulfone groups is 1. The van der Waals surface area contributed by atoms with Crippen LogP contribution in [0.5, 0.6) is 0 Å². The van der Waals surface area contributed by atoms with Gasteiger partial charge in [0.1, 0.15) is 0 Å². The first kappa shape index (κ1) is 13.5. The van der Waals surface area contributed by atoms with Crippen LogP contribution in [0.1, 0.15) is 6.92 Å². The molecule has 0 fully saturated rings. The molecule has 0 unspecified atom stereocenters. The molecular weight excluding hydrogens is 290 g/mol. The summed E-state index contributed by atoms with van der Waals surface area (Å²) in [6.45, 7) is 3.60. The van der Waals surface area contributed by atoms with E-state index in [1.807, 2.05) is 24.0 Å². The molecule has 0 aliphatic heterocycles. The first-order chi connectivity index (χ1) is 7.50. The van der Waals surface area contributed by atoms with Crippen molar-refractivity contribution in [2.24, 2.45) is 0 Å². The maximum Gasteiger partial charge on any atom is 0.177 e. The van der Waals surface area contributed by atoms with Crippen LogP contribution in [0.15, 0.2) is 29.2 Å². The molecular formula is C11H16BrNO2S. The Hall–Kier alpha value is -0.550. The second kappa shape index (κ2) is 5.68. The Morgan fingerprint density at radius 2 is 1.94 bits per heavy atom. The Balaban J connectivity index is 3.22. The van der Waals surface area contributed by atoms with Gasteiger partial charge in [0, 0.05) is 24.7 Å². The van der Waals surface area contributed by atoms with E-state index >= 15 is 0 Å². The smallest absolute Gasteiger partial charge is 0.177 e. The molecule has 0 atom stereocenters. The van der Waals surface area contributed by atoms with Gasteiger partial charge in [0.2, 0.25) is 0 Å². The molecule has 0 saturated heterocycles. The van der Waals surface area contributed by atoms with Gasteiger partial charge in [-0.1, -0.05) is 28.1 Å². The molecule has 0 saturated carbocycles. The summed E-state index contributed by atoms with van der Waals surface area (Å²) in [6.07, 6.45) is 1.24. The van der Waals surface area contributed by atoms with E-state index in [-0.39, 0.29) is 0 Å². The quantitative estimate of drug-likeness (QED) is 0.784. The third-order valence-corrected chi connectivity index (χ3v) is 3.84. The van der Waals surface area contributed by atoms with Crippen LogP contribution in [0.25, 0.3) is 0 Å². The second-order valence-electron chi connectivity index (χ2n) is 3.51. The van der Waals surface area contributed by atoms with Crippen molar-refractivity contribution in [2.75, 3.05) is 29.6 Å². The number of hydrogen-bond acceptors (Lipinski definition) is 3. The van der Waals surface area contributed by atoms with Gasteiger partial charge in [0.05, 0.1) is 10.6 Å². The van der Waals surface area contributed by atoms with Crippen LogP contribution in [0.3, 0.4) is 0 Å². The number of alkyl halides is 1. The first-order valence-electron chi connectivity index (χ1n) is 5.10. The number of benzene rings is 1. The fourth-order valence-corrected chi connectivity index (χ4v) is 2.91. The van der Waals surface area contributed by atoms with Crippen LogP contribution >= 0.6 is 15.9 Å². The molecule has 0 N–H and O–H groups in total. The Labute approximate surface area is 106 Å². The van der Waals surface area contributed by atoms with Crippen molar-refractivity contribution in [1.29, 1.82) is 0 Å². The number of para-hydroxylation sites is 1. The fraction of sp³-hybridized carbons (Fsp3) is 0.455. The van der Waals surface area contributed by atoms with Crippen molar-refractivity contribution < 1.29 is 8.42 Å². The van der Waals surface area contributed by atoms with E-state index < -0.39 is 9.84 Å². The molecule has 0 radical (unpaired) electrons. The van der Waals surface area contributed by atoms with Crippen molar-refractivity contribution >= 4 is 31.5 Å². The van der Waals surface area contributed by atoms with Gasteiger partial charge in [-0.15, -0.1) is 0 Å². The predicted octanol–water partition coefficient (Wildman–Crippen LogP) is 2.31. The van der Waals surface area contributed by atoms with E-state index in [1.165, 1.54) is 6.26 Å². The third-order valence-electron chi connectivity index (χ3n) is 2.34. The van der Waals surface area contributed by atoms with Crippen LogP contribution in [0, 0.1) is 0 Å². The van der Waals surface area contributed by atoms with Crippen LogP contribution in [-0.2, 0) is 9.84 Å². The topological polar surface area (TPSA) is 37.4 Å². The highest BCUT2D eigenvalue weighted by Gasteiger charge is 2.16. The van der Waals surface area contributed by atoms with E-state index in [4.69, 9.17) is 0 Å². The Morgan fingerprint density at radius 1 is 1.31 bits per heavy atom. The predicted molar refractivity (Wildman–Crippen MR) is 71.2 cm³/mol. The number of halogens is 1. The molecule has 0 spiro atoms.